The van der Waals surface area contributed by atoms with Crippen molar-refractivity contribution in [2.24, 2.45) is 4.99 Å². The molecule has 0 fully saturated rings. The van der Waals surface area contributed by atoms with E-state index in [1.54, 1.807) is 19.2 Å². The van der Waals surface area contributed by atoms with Crippen LogP contribution in [0.25, 0.3) is 0 Å². The second-order valence-electron chi connectivity index (χ2n) is 5.65. The number of aliphatic imine (C=N–C) groups is 1. The first kappa shape index (κ1) is 21.5. The number of nitrogens with zero attached hydrogens (tertiary/aromatic N) is 1. The van der Waals surface area contributed by atoms with E-state index in [-0.39, 0.29) is 46.7 Å². The predicted molar refractivity (Wildman–Crippen MR) is 103 cm³/mol. The first-order chi connectivity index (χ1) is 9.64. The lowest BCUT2D eigenvalue weighted by molar-refractivity contribution is 0.502. The number of benzene rings is 1. The molecule has 0 unspecified atom stereocenters. The molecule has 1 aromatic rings. The average Bonchev–Trinajstić information content (AvgIpc) is 2.36. The molecule has 0 saturated heterocycles. The highest BCUT2D eigenvalue weighted by Gasteiger charge is 2.15. The third kappa shape index (κ3) is 7.64. The van der Waals surface area contributed by atoms with Crippen LogP contribution >= 0.6 is 35.6 Å². The molecule has 0 atom stereocenters. The van der Waals surface area contributed by atoms with Crippen LogP contribution in [-0.4, -0.2) is 39.3 Å². The van der Waals surface area contributed by atoms with Crippen molar-refractivity contribution in [3.05, 3.63) is 29.3 Å². The van der Waals surface area contributed by atoms with Gasteiger partial charge in [0.1, 0.15) is 0 Å². The Balaban J connectivity index is 0.00000441. The van der Waals surface area contributed by atoms with Crippen LogP contribution in [0.4, 0.5) is 0 Å². The Morgan fingerprint density at radius 3 is 2.23 bits per heavy atom. The fourth-order valence-corrected chi connectivity index (χ4v) is 2.88. The Kier molecular flexibility index (Phi) is 8.71. The predicted octanol–water partition coefficient (Wildman–Crippen LogP) is 2.70. The highest BCUT2D eigenvalue weighted by molar-refractivity contribution is 14.0. The van der Waals surface area contributed by atoms with Gasteiger partial charge in [0.05, 0.1) is 10.6 Å². The smallest absolute Gasteiger partial charge is 0.191 e. The molecule has 0 radical (unpaired) electrons. The van der Waals surface area contributed by atoms with Crippen molar-refractivity contribution in [2.75, 3.05) is 19.3 Å². The Morgan fingerprint density at radius 2 is 1.77 bits per heavy atom. The van der Waals surface area contributed by atoms with Gasteiger partial charge in [0.15, 0.2) is 15.8 Å². The average molecular weight is 460 g/mol. The summed E-state index contributed by atoms with van der Waals surface area (Å²) in [4.78, 5) is 4.33. The minimum absolute atomic E-state index is 0. The molecule has 0 aromatic heterocycles. The summed E-state index contributed by atoms with van der Waals surface area (Å²) in [7, 11) is -1.68. The molecule has 126 valence electrons. The van der Waals surface area contributed by atoms with Crippen LogP contribution in [-0.2, 0) is 9.84 Å². The largest absolute Gasteiger partial charge is 0.355 e. The molecule has 5 nitrogen and oxygen atoms in total. The topological polar surface area (TPSA) is 70.6 Å². The maximum Gasteiger partial charge on any atom is 0.191 e. The second-order valence-corrected chi connectivity index (χ2v) is 8.19. The van der Waals surface area contributed by atoms with Crippen LogP contribution in [0.5, 0.6) is 0 Å². The van der Waals surface area contributed by atoms with Crippen LogP contribution < -0.4 is 10.6 Å². The Bertz CT molecular complexity index is 596. The highest BCUT2D eigenvalue weighted by atomic mass is 127. The van der Waals surface area contributed by atoms with Crippen LogP contribution in [0, 0.1) is 0 Å². The van der Waals surface area contributed by atoms with Crippen molar-refractivity contribution in [1.29, 1.82) is 0 Å². The number of rotatable bonds is 4. The fraction of sp³-hybridized carbons (Fsp3) is 0.500. The maximum absolute atomic E-state index is 12.2. The van der Waals surface area contributed by atoms with Crippen molar-refractivity contribution in [1.82, 2.24) is 10.6 Å². The number of halogens is 2. The van der Waals surface area contributed by atoms with E-state index in [1.807, 2.05) is 20.8 Å². The molecule has 0 bridgehead atoms. The minimum Gasteiger partial charge on any atom is -0.355 e. The molecule has 22 heavy (non-hydrogen) atoms. The molecule has 0 aliphatic heterocycles. The second kappa shape index (κ2) is 8.93. The molecule has 0 heterocycles. The van der Waals surface area contributed by atoms with E-state index in [9.17, 15) is 8.42 Å². The molecule has 0 saturated carbocycles. The van der Waals surface area contributed by atoms with Crippen LogP contribution in [0.2, 0.25) is 5.02 Å². The lowest BCUT2D eigenvalue weighted by Crippen LogP contribution is -2.48. The summed E-state index contributed by atoms with van der Waals surface area (Å²) in [6.45, 7) is 6.29. The van der Waals surface area contributed by atoms with Gasteiger partial charge >= 0.3 is 0 Å². The summed E-state index contributed by atoms with van der Waals surface area (Å²) in [6.07, 6.45) is 0. The normalized spacial score (nSPS) is 12.5. The number of hydrogen-bond acceptors (Lipinski definition) is 3. The fourth-order valence-electron chi connectivity index (χ4n) is 1.60. The molecular formula is C14H23ClIN3O2S. The van der Waals surface area contributed by atoms with Crippen molar-refractivity contribution in [2.45, 2.75) is 31.2 Å². The van der Waals surface area contributed by atoms with Crippen molar-refractivity contribution in [3.63, 3.8) is 0 Å². The Hall–Kier alpha value is -0.540. The van der Waals surface area contributed by atoms with E-state index in [0.717, 1.165) is 0 Å². The number of nitrogens with one attached hydrogen (secondary N) is 2. The number of sulfone groups is 1. The minimum atomic E-state index is -3.33. The SMILES string of the molecule is CN=C(NCCS(=O)(=O)c1ccc(Cl)cc1)NC(C)(C)C.I. The quantitative estimate of drug-likeness (QED) is 0.413. The molecule has 0 spiro atoms. The molecular weight excluding hydrogens is 437 g/mol. The van der Waals surface area contributed by atoms with Crippen LogP contribution in [0.15, 0.2) is 34.2 Å². The summed E-state index contributed by atoms with van der Waals surface area (Å²) >= 11 is 5.76. The monoisotopic (exact) mass is 459 g/mol. The summed E-state index contributed by atoms with van der Waals surface area (Å²) in [5, 5.41) is 6.68. The van der Waals surface area contributed by atoms with Gasteiger partial charge in [0.2, 0.25) is 0 Å². The molecule has 2 N–H and O–H groups in total. The first-order valence-corrected chi connectivity index (χ1v) is 8.64. The molecule has 1 aromatic carbocycles. The Labute approximate surface area is 154 Å². The Morgan fingerprint density at radius 1 is 1.23 bits per heavy atom. The standard InChI is InChI=1S/C14H22ClN3O2S.HI/c1-14(2,3)18-13(16-4)17-9-10-21(19,20)12-7-5-11(15)6-8-12;/h5-8H,9-10H2,1-4H3,(H2,16,17,18);1H. The van der Waals surface area contributed by atoms with Crippen molar-refractivity contribution in [3.8, 4) is 0 Å². The number of guanidine groups is 1. The molecule has 0 aliphatic carbocycles. The molecule has 0 amide bonds. The molecule has 1 rings (SSSR count). The highest BCUT2D eigenvalue weighted by Crippen LogP contribution is 2.15. The summed E-state index contributed by atoms with van der Waals surface area (Å²) in [5.41, 5.74) is -0.142. The van der Waals surface area contributed by atoms with Gasteiger partial charge < -0.3 is 10.6 Å². The maximum atomic E-state index is 12.2. The number of hydrogen-bond donors (Lipinski definition) is 2. The van der Waals surface area contributed by atoms with Crippen LogP contribution in [0.1, 0.15) is 20.8 Å². The lowest BCUT2D eigenvalue weighted by atomic mass is 10.1. The van der Waals surface area contributed by atoms with Gasteiger partial charge in [-0.1, -0.05) is 11.6 Å². The summed E-state index contributed by atoms with van der Waals surface area (Å²) < 4.78 is 24.3. The third-order valence-electron chi connectivity index (χ3n) is 2.55. The van der Waals surface area contributed by atoms with E-state index < -0.39 is 9.84 Å². The molecule has 0 aliphatic rings. The zero-order valence-corrected chi connectivity index (χ0v) is 17.1. The van der Waals surface area contributed by atoms with E-state index in [1.165, 1.54) is 12.1 Å². The van der Waals surface area contributed by atoms with E-state index in [0.29, 0.717) is 11.0 Å². The zero-order valence-electron chi connectivity index (χ0n) is 13.2. The van der Waals surface area contributed by atoms with Gasteiger partial charge in [0, 0.05) is 24.2 Å². The lowest BCUT2D eigenvalue weighted by Gasteiger charge is -2.23. The van der Waals surface area contributed by atoms with E-state index in [4.69, 9.17) is 11.6 Å². The summed E-state index contributed by atoms with van der Waals surface area (Å²) in [6, 6.07) is 6.17. The van der Waals surface area contributed by atoms with Gasteiger partial charge in [-0.15, -0.1) is 24.0 Å². The third-order valence-corrected chi connectivity index (χ3v) is 4.54. The molecule has 8 heteroatoms. The van der Waals surface area contributed by atoms with E-state index >= 15 is 0 Å². The summed E-state index contributed by atoms with van der Waals surface area (Å²) in [5.74, 6) is 0.563. The van der Waals surface area contributed by atoms with Gasteiger partial charge in [-0.25, -0.2) is 8.42 Å². The van der Waals surface area contributed by atoms with E-state index in [2.05, 4.69) is 15.6 Å². The zero-order chi connectivity index (χ0) is 16.1. The van der Waals surface area contributed by atoms with Crippen LogP contribution in [0.3, 0.4) is 0 Å². The van der Waals surface area contributed by atoms with Crippen molar-refractivity contribution < 1.29 is 8.42 Å². The van der Waals surface area contributed by atoms with Gasteiger partial charge in [-0.2, -0.15) is 0 Å². The van der Waals surface area contributed by atoms with Gasteiger partial charge in [0.25, 0.3) is 0 Å². The van der Waals surface area contributed by atoms with Gasteiger partial charge in [-0.05, 0) is 45.0 Å². The van der Waals surface area contributed by atoms with Crippen molar-refractivity contribution >= 4 is 51.4 Å². The first-order valence-electron chi connectivity index (χ1n) is 6.61. The van der Waals surface area contributed by atoms with Gasteiger partial charge in [-0.3, -0.25) is 4.99 Å².